The standard InChI is InChI=1S/C11H16.3C10H15N.5C9H14N2.2C8H13N3.11C2H6.CH4/c1-11(2,3)9-10-7-5-4-6-8-10;1-10(2,3)8-9-4-6-11-7-5-9;1-10(2,3)7-9-5-4-6-11-8-9;1-10(2,3)8-9-6-4-5-7-11-9;1-9(2,3)4-8-5-10-7-11-6-8;1-9(2,3)6-8-4-5-10-7-11-8;1-9(2,3)6-8-4-5-10-11-7-8;1-9(2,3)7-8-10-5-4-6-11-8;1-9(2,3)7-8-5-4-6-10-11-8;2*1-8(2,3)4-7-10-5-9-6-11-7;11*1-2;/h4-8H,9H2,1-3H3;4-7H,8H2,1-3H3;4-6,8H,7H2,1-3H3;4-7H,8H2,1-3H3;5-7H,4H2,1-3H3;2*4-5,7H,6H2,1-3H3;2*4-6H,7H2,1-3H3;2*5-6H,4H2,1-3H3;11*1-2H3;1H4. The number of hydrogen-bond donors (Lipinski definition) is 0. The van der Waals surface area contributed by atoms with Gasteiger partial charge in [-0.1, -0.05) is 431 Å². The second-order valence-electron chi connectivity index (χ2n) is 43.8. The molecule has 0 saturated heterocycles. The summed E-state index contributed by atoms with van der Waals surface area (Å²) in [6, 6.07) is 34.7. The van der Waals surface area contributed by atoms with E-state index in [0.717, 1.165) is 99.5 Å². The zero-order chi connectivity index (χ0) is 114. The van der Waals surface area contributed by atoms with Crippen LogP contribution in [0.25, 0.3) is 0 Å². The van der Waals surface area contributed by atoms with Crippen LogP contribution in [0, 0.1) is 59.6 Å². The molecule has 10 aromatic heterocycles. The van der Waals surface area contributed by atoms with Gasteiger partial charge >= 0.3 is 0 Å². The fourth-order valence-corrected chi connectivity index (χ4v) is 11.0. The molecule has 0 radical (unpaired) electrons. The fourth-order valence-electron chi connectivity index (χ4n) is 11.0. The molecule has 0 amide bonds. The second kappa shape index (κ2) is 96.5. The van der Waals surface area contributed by atoms with E-state index in [9.17, 15) is 0 Å². The van der Waals surface area contributed by atoms with Gasteiger partial charge in [0.15, 0.2) is 0 Å². The summed E-state index contributed by atoms with van der Waals surface area (Å²) in [5.74, 6) is 2.67. The molecular weight excluding hydrogens is 1770 g/mol. The van der Waals surface area contributed by atoms with Gasteiger partial charge in [-0.2, -0.15) is 20.4 Å². The summed E-state index contributed by atoms with van der Waals surface area (Å²) in [7, 11) is 0. The Hall–Kier alpha value is -9.91. The maximum atomic E-state index is 4.26. The van der Waals surface area contributed by atoms with E-state index in [-0.39, 0.29) is 23.7 Å². The molecule has 0 atom stereocenters. The van der Waals surface area contributed by atoms with Crippen LogP contribution in [0.2, 0.25) is 0 Å². The predicted octanol–water partition coefficient (Wildman–Crippen LogP) is 36.5. The van der Waals surface area contributed by atoms with Crippen molar-refractivity contribution in [1.82, 2.24) is 95.2 Å². The van der Waals surface area contributed by atoms with Crippen LogP contribution in [0.3, 0.4) is 0 Å². The number of hydrogen-bond acceptors (Lipinski definition) is 19. The topological polar surface area (TPSA) is 245 Å². The molecule has 0 unspecified atom stereocenters. The first-order valence-corrected chi connectivity index (χ1v) is 53.6. The first kappa shape index (κ1) is 159. The first-order valence-electron chi connectivity index (χ1n) is 53.6. The third-order valence-corrected chi connectivity index (χ3v) is 15.2. The summed E-state index contributed by atoms with van der Waals surface area (Å²) >= 11 is 0. The third-order valence-electron chi connectivity index (χ3n) is 15.2. The molecule has 19 heteroatoms. The highest BCUT2D eigenvalue weighted by atomic mass is 15.1. The van der Waals surface area contributed by atoms with Crippen molar-refractivity contribution in [3.05, 3.63) is 284 Å². The van der Waals surface area contributed by atoms with Crippen LogP contribution < -0.4 is 0 Å². The van der Waals surface area contributed by atoms with Crippen LogP contribution in [0.5, 0.6) is 0 Å². The molecule has 0 aliphatic rings. The van der Waals surface area contributed by atoms with Crippen molar-refractivity contribution in [2.75, 3.05) is 0 Å². The molecule has 11 aromatic rings. The zero-order valence-corrected chi connectivity index (χ0v) is 103. The number of aromatic nitrogens is 19. The van der Waals surface area contributed by atoms with Gasteiger partial charge in [0, 0.05) is 105 Å². The molecule has 0 fully saturated rings. The molecule has 822 valence electrons. The Morgan fingerprint density at radius 1 is 0.160 bits per heavy atom. The summed E-state index contributed by atoms with van der Waals surface area (Å²) in [5.41, 5.74) is 13.5. The summed E-state index contributed by atoms with van der Waals surface area (Å²) in [5, 5.41) is 15.4. The Kier molecular flexibility index (Phi) is 107. The minimum absolute atomic E-state index is 0. The van der Waals surface area contributed by atoms with Crippen LogP contribution in [-0.4, -0.2) is 95.2 Å². The largest absolute Gasteiger partial charge is 0.265 e. The maximum Gasteiger partial charge on any atom is 0.132 e. The average Bonchev–Trinajstić information content (AvgIpc) is 0.977. The third kappa shape index (κ3) is 128. The van der Waals surface area contributed by atoms with E-state index >= 15 is 0 Å². The summed E-state index contributed by atoms with van der Waals surface area (Å²) < 4.78 is 0. The van der Waals surface area contributed by atoms with Crippen LogP contribution >= 0.6 is 0 Å². The molecule has 19 nitrogen and oxygen atoms in total. The number of benzene rings is 1. The highest BCUT2D eigenvalue weighted by Crippen LogP contribution is 2.26. The quantitative estimate of drug-likeness (QED) is 0.117. The van der Waals surface area contributed by atoms with Gasteiger partial charge in [0.2, 0.25) is 0 Å². The Labute approximate surface area is 892 Å². The van der Waals surface area contributed by atoms with Crippen LogP contribution in [0.4, 0.5) is 0 Å². The second-order valence-corrected chi connectivity index (χ2v) is 43.8. The van der Waals surface area contributed by atoms with Crippen molar-refractivity contribution in [2.24, 2.45) is 59.6 Å². The van der Waals surface area contributed by atoms with Crippen molar-refractivity contribution in [3.8, 4) is 0 Å². The van der Waals surface area contributed by atoms with Crippen molar-refractivity contribution in [1.29, 1.82) is 0 Å². The van der Waals surface area contributed by atoms with E-state index in [1.54, 1.807) is 43.6 Å². The number of pyridine rings is 3. The number of nitrogens with zero attached hydrogens (tertiary/aromatic N) is 19. The van der Waals surface area contributed by atoms with Crippen LogP contribution in [-0.2, 0) is 70.6 Å². The minimum atomic E-state index is 0. The number of rotatable bonds is 11. The molecule has 0 aliphatic heterocycles. The van der Waals surface area contributed by atoms with Gasteiger partial charge in [-0.15, -0.1) is 0 Å². The zero-order valence-electron chi connectivity index (χ0n) is 103. The smallest absolute Gasteiger partial charge is 0.132 e. The fraction of sp³-hybridized carbons (Fsp3) is 0.624. The van der Waals surface area contributed by atoms with Gasteiger partial charge in [-0.05, 0) is 199 Å². The van der Waals surface area contributed by atoms with E-state index in [0.29, 0.717) is 43.3 Å². The van der Waals surface area contributed by atoms with Crippen molar-refractivity contribution in [3.63, 3.8) is 0 Å². The van der Waals surface area contributed by atoms with Crippen molar-refractivity contribution >= 4 is 0 Å². The van der Waals surface area contributed by atoms with Gasteiger partial charge < -0.3 is 0 Å². The molecule has 0 spiro atoms. The predicted molar refractivity (Wildman–Crippen MR) is 635 cm³/mol. The molecule has 10 heterocycles. The minimum Gasteiger partial charge on any atom is -0.265 e. The van der Waals surface area contributed by atoms with Crippen molar-refractivity contribution in [2.45, 2.75) is 459 Å². The lowest BCUT2D eigenvalue weighted by atomic mass is 9.88. The first-order chi connectivity index (χ1) is 66.9. The Bertz CT molecular complexity index is 3300. The van der Waals surface area contributed by atoms with Crippen molar-refractivity contribution < 1.29 is 0 Å². The van der Waals surface area contributed by atoms with Crippen LogP contribution in [0.1, 0.15) is 451 Å². The Morgan fingerprint density at radius 3 is 0.764 bits per heavy atom. The molecule has 1 aromatic carbocycles. The monoisotopic (exact) mass is 1990 g/mol. The van der Waals surface area contributed by atoms with Gasteiger partial charge in [0.05, 0.1) is 11.9 Å². The highest BCUT2D eigenvalue weighted by molar-refractivity contribution is 5.17. The molecule has 0 N–H and O–H groups in total. The molecule has 11 rings (SSSR count). The van der Waals surface area contributed by atoms with Gasteiger partial charge in [0.1, 0.15) is 55.4 Å². The molecule has 0 aliphatic carbocycles. The molecule has 144 heavy (non-hydrogen) atoms. The van der Waals surface area contributed by atoms with E-state index in [1.807, 2.05) is 250 Å². The Balaban J connectivity index is -0.000000130. The van der Waals surface area contributed by atoms with Gasteiger partial charge in [-0.25, -0.2) is 59.8 Å². The summed E-state index contributed by atoms with van der Waals surface area (Å²) in [6.07, 6.45) is 44.2. The SMILES string of the molecule is C.CC.CC.CC.CC.CC.CC.CC.CC.CC.CC.CC.CC(C)(C)Cc1ccccc1.CC(C)(C)Cc1ccccn1.CC(C)(C)Cc1cccnc1.CC(C)(C)Cc1cccnn1.CC(C)(C)Cc1ccncc1.CC(C)(C)Cc1ccncn1.CC(C)(C)Cc1ccnnc1.CC(C)(C)Cc1cncnc1.CC(C)(C)Cc1ncccn1.CC(C)(C)Cc1ncncn1.CC(C)(C)Cc1ncncn1. The lowest BCUT2D eigenvalue weighted by Gasteiger charge is -2.17. The maximum absolute atomic E-state index is 4.26. The highest BCUT2D eigenvalue weighted by Gasteiger charge is 2.19. The molecule has 0 bridgehead atoms. The Morgan fingerprint density at radius 2 is 0.444 bits per heavy atom. The lowest BCUT2D eigenvalue weighted by Crippen LogP contribution is -2.11. The van der Waals surface area contributed by atoms with E-state index in [4.69, 9.17) is 0 Å². The lowest BCUT2D eigenvalue weighted by molar-refractivity contribution is 0.399. The van der Waals surface area contributed by atoms with Crippen LogP contribution in [0.15, 0.2) is 222 Å². The van der Waals surface area contributed by atoms with Gasteiger partial charge in [0.25, 0.3) is 0 Å². The van der Waals surface area contributed by atoms with E-state index in [2.05, 4.69) is 378 Å². The molecule has 0 saturated carbocycles. The summed E-state index contributed by atoms with van der Waals surface area (Å²) in [6.45, 7) is 117. The summed E-state index contributed by atoms with van der Waals surface area (Å²) in [4.78, 5) is 60.2. The normalized spacial score (nSPS) is 10.2. The average molecular weight is 2000 g/mol. The van der Waals surface area contributed by atoms with Gasteiger partial charge in [-0.3, -0.25) is 15.0 Å². The van der Waals surface area contributed by atoms with E-state index in [1.165, 1.54) is 58.8 Å². The molecular formula is C125H227N19. The van der Waals surface area contributed by atoms with E-state index < -0.39 is 0 Å².